The van der Waals surface area contributed by atoms with Crippen molar-refractivity contribution in [3.8, 4) is 0 Å². The number of rotatable bonds is 14. The number of halogens is 1. The van der Waals surface area contributed by atoms with Crippen LogP contribution in [0.3, 0.4) is 0 Å². The van der Waals surface area contributed by atoms with Crippen LogP contribution in [0.1, 0.15) is 58.2 Å². The lowest BCUT2D eigenvalue weighted by molar-refractivity contribution is -0.145. The van der Waals surface area contributed by atoms with Crippen molar-refractivity contribution in [2.24, 2.45) is 5.92 Å². The van der Waals surface area contributed by atoms with E-state index in [0.29, 0.717) is 54.3 Å². The molecule has 5 rings (SSSR count). The van der Waals surface area contributed by atoms with Crippen LogP contribution >= 0.6 is 0 Å². The molecule has 2 aromatic carbocycles. The number of nitrogens with zero attached hydrogens (tertiary/aromatic N) is 5. The Morgan fingerprint density at radius 1 is 1.12 bits per heavy atom. The first kappa shape index (κ1) is 35.4. The molecule has 0 aliphatic carbocycles. The van der Waals surface area contributed by atoms with Crippen molar-refractivity contribution in [2.75, 3.05) is 23.0 Å². The van der Waals surface area contributed by atoms with Gasteiger partial charge < -0.3 is 18.9 Å². The van der Waals surface area contributed by atoms with E-state index in [4.69, 9.17) is 4.74 Å². The second kappa shape index (κ2) is 14.7. The summed E-state index contributed by atoms with van der Waals surface area (Å²) >= 11 is 0. The fourth-order valence-corrected chi connectivity index (χ4v) is 9.91. The van der Waals surface area contributed by atoms with E-state index in [1.807, 2.05) is 55.5 Å². The van der Waals surface area contributed by atoms with Gasteiger partial charge in [-0.05, 0) is 83.5 Å². The number of hydrogen-bond acceptors (Lipinski definition) is 6. The maximum atomic E-state index is 16.4. The van der Waals surface area contributed by atoms with Gasteiger partial charge >= 0.3 is 0 Å². The summed E-state index contributed by atoms with van der Waals surface area (Å²) in [5.41, 5.74) is 3.90. The van der Waals surface area contributed by atoms with Gasteiger partial charge in [-0.1, -0.05) is 53.6 Å². The number of hydrogen-bond donors (Lipinski definition) is 1. The predicted molar refractivity (Wildman–Crippen MR) is 189 cm³/mol. The molecule has 3 heterocycles. The highest BCUT2D eigenvalue weighted by Gasteiger charge is 2.66. The van der Waals surface area contributed by atoms with Crippen molar-refractivity contribution >= 4 is 37.8 Å². The van der Waals surface area contributed by atoms with Gasteiger partial charge in [0.2, 0.25) is 14.8 Å². The molecule has 1 fully saturated rings. The average Bonchev–Trinajstić information content (AvgIpc) is 3.69. The molecule has 48 heavy (non-hydrogen) atoms. The van der Waals surface area contributed by atoms with Crippen LogP contribution in [0.5, 0.6) is 0 Å². The number of aliphatic hydroxyl groups excluding tert-OH is 1. The minimum Gasteiger partial charge on any atom is -0.396 e. The first-order valence-electron chi connectivity index (χ1n) is 16.8. The zero-order valence-electron chi connectivity index (χ0n) is 28.9. The molecule has 11 heteroatoms. The van der Waals surface area contributed by atoms with Crippen molar-refractivity contribution < 1.29 is 23.5 Å². The van der Waals surface area contributed by atoms with Gasteiger partial charge in [0.1, 0.15) is 0 Å². The lowest BCUT2D eigenvalue weighted by Gasteiger charge is -2.31. The fraction of sp³-hybridized carbons (Fsp3) is 0.459. The van der Waals surface area contributed by atoms with Gasteiger partial charge in [-0.25, -0.2) is 0 Å². The summed E-state index contributed by atoms with van der Waals surface area (Å²) in [6.07, 6.45) is 8.96. The third-order valence-electron chi connectivity index (χ3n) is 9.67. The maximum Gasteiger partial charge on any atom is 0.264 e. The van der Waals surface area contributed by atoms with E-state index in [1.165, 1.54) is 11.1 Å². The third kappa shape index (κ3) is 7.09. The number of fused-ring (bicyclic) bond motifs is 2. The summed E-state index contributed by atoms with van der Waals surface area (Å²) in [7, 11) is -3.38. The van der Waals surface area contributed by atoms with Crippen LogP contribution in [-0.4, -0.2) is 60.1 Å². The number of ether oxygens (including phenoxy) is 1. The van der Waals surface area contributed by atoms with Crippen molar-refractivity contribution in [1.29, 1.82) is 0 Å². The smallest absolute Gasteiger partial charge is 0.264 e. The standard InChI is InChI=1S/C37H48FN5O4Si/c1-26(2)11-10-12-27(3)17-21-42-33-16-15-31(43(25-45)30-13-8-7-9-14-30)23-32(33)37(36(42)46)28(4)35(48(5,6)38)34(47-37)18-20-41-24-29(19-22-44)39-40-41/h7-9,11,13-17,23-25,28,34-35,44H,10,12,18-22H2,1-6H3/b27-17+/t28-,34+,35-,37+/m1/s1. The van der Waals surface area contributed by atoms with Crippen molar-refractivity contribution in [2.45, 2.75) is 90.3 Å². The number of carbonyl (C=O) groups excluding carboxylic acids is 2. The Labute approximate surface area is 284 Å². The molecule has 0 bridgehead atoms. The average molecular weight is 674 g/mol. The molecule has 9 nitrogen and oxygen atoms in total. The number of para-hydroxylation sites is 1. The number of carbonyl (C=O) groups is 2. The molecule has 4 atom stereocenters. The van der Waals surface area contributed by atoms with Crippen molar-refractivity contribution in [1.82, 2.24) is 15.0 Å². The summed E-state index contributed by atoms with van der Waals surface area (Å²) in [6.45, 7) is 12.3. The quantitative estimate of drug-likeness (QED) is 0.0855. The van der Waals surface area contributed by atoms with Crippen LogP contribution in [-0.2, 0) is 32.9 Å². The number of aliphatic hydroxyl groups is 1. The van der Waals surface area contributed by atoms with Crippen LogP contribution in [0.2, 0.25) is 18.6 Å². The Bertz CT molecular complexity index is 1670. The SMILES string of the molecule is CC(C)=CCC/C(C)=C/CN1C(=O)[C@@]2(O[C@@H](CCn3cc(CCO)nn3)[C@H]([Si](C)(C)F)[C@H]2C)c2cc(N(C=O)c3ccccc3)ccc21. The van der Waals surface area contributed by atoms with Gasteiger partial charge in [-0.15, -0.1) is 5.10 Å². The van der Waals surface area contributed by atoms with E-state index >= 15 is 4.11 Å². The molecule has 0 radical (unpaired) electrons. The molecule has 1 spiro atoms. The lowest BCUT2D eigenvalue weighted by atomic mass is 9.82. The number of aromatic nitrogens is 3. The van der Waals surface area contributed by atoms with Gasteiger partial charge in [0.15, 0.2) is 5.60 Å². The Kier molecular flexibility index (Phi) is 10.8. The normalized spacial score (nSPS) is 22.3. The molecule has 1 N–H and O–H groups in total. The van der Waals surface area contributed by atoms with E-state index in [0.717, 1.165) is 19.3 Å². The minimum absolute atomic E-state index is 0.0236. The van der Waals surface area contributed by atoms with Crippen LogP contribution in [0.4, 0.5) is 21.2 Å². The minimum atomic E-state index is -3.38. The van der Waals surface area contributed by atoms with Crippen LogP contribution in [0, 0.1) is 5.92 Å². The fourth-order valence-electron chi connectivity index (χ4n) is 7.37. The zero-order valence-corrected chi connectivity index (χ0v) is 29.9. The maximum absolute atomic E-state index is 16.4. The van der Waals surface area contributed by atoms with E-state index in [-0.39, 0.29) is 12.5 Å². The summed E-state index contributed by atoms with van der Waals surface area (Å²) in [4.78, 5) is 30.6. The molecule has 1 aromatic heterocycles. The number of allylic oxidation sites excluding steroid dienone is 3. The molecule has 3 aromatic rings. The van der Waals surface area contributed by atoms with E-state index in [1.54, 1.807) is 33.8 Å². The lowest BCUT2D eigenvalue weighted by Crippen LogP contribution is -2.45. The second-order valence-corrected chi connectivity index (χ2v) is 17.6. The molecular formula is C37H48FN5O4Si. The molecule has 2 aliphatic heterocycles. The van der Waals surface area contributed by atoms with Crippen molar-refractivity contribution in [3.05, 3.63) is 89.3 Å². The van der Waals surface area contributed by atoms with Gasteiger partial charge in [0, 0.05) is 60.7 Å². The molecule has 1 saturated heterocycles. The molecular weight excluding hydrogens is 626 g/mol. The Hall–Kier alpha value is -3.93. The molecule has 0 unspecified atom stereocenters. The number of anilines is 3. The largest absolute Gasteiger partial charge is 0.396 e. The predicted octanol–water partition coefficient (Wildman–Crippen LogP) is 7.01. The zero-order chi connectivity index (χ0) is 34.6. The monoisotopic (exact) mass is 673 g/mol. The molecule has 0 saturated carbocycles. The van der Waals surface area contributed by atoms with E-state index in [2.05, 4.69) is 43.2 Å². The number of aryl methyl sites for hydroxylation is 1. The van der Waals surface area contributed by atoms with Gasteiger partial charge in [0.25, 0.3) is 5.91 Å². The number of benzene rings is 2. The van der Waals surface area contributed by atoms with Gasteiger partial charge in [-0.3, -0.25) is 19.2 Å². The Morgan fingerprint density at radius 3 is 2.54 bits per heavy atom. The summed E-state index contributed by atoms with van der Waals surface area (Å²) < 4.78 is 25.0. The summed E-state index contributed by atoms with van der Waals surface area (Å²) in [5.74, 6) is -0.671. The van der Waals surface area contributed by atoms with E-state index in [9.17, 15) is 14.7 Å². The highest BCUT2D eigenvalue weighted by atomic mass is 28.4. The van der Waals surface area contributed by atoms with Gasteiger partial charge in [-0.2, -0.15) is 0 Å². The highest BCUT2D eigenvalue weighted by Crippen LogP contribution is 2.60. The van der Waals surface area contributed by atoms with Crippen molar-refractivity contribution in [3.63, 3.8) is 0 Å². The molecule has 256 valence electrons. The van der Waals surface area contributed by atoms with Crippen LogP contribution in [0.25, 0.3) is 0 Å². The Balaban J connectivity index is 1.55. The second-order valence-electron chi connectivity index (χ2n) is 13.8. The summed E-state index contributed by atoms with van der Waals surface area (Å²) in [5, 5.41) is 17.6. The molecule has 2 aliphatic rings. The Morgan fingerprint density at radius 2 is 1.88 bits per heavy atom. The summed E-state index contributed by atoms with van der Waals surface area (Å²) in [6, 6.07) is 14.9. The number of amides is 2. The van der Waals surface area contributed by atoms with Crippen LogP contribution in [0.15, 0.2) is 78.0 Å². The first-order chi connectivity index (χ1) is 22.9. The highest BCUT2D eigenvalue weighted by molar-refractivity contribution is 6.72. The van der Waals surface area contributed by atoms with Gasteiger partial charge in [0.05, 0.1) is 17.5 Å². The first-order valence-corrected chi connectivity index (χ1v) is 19.8. The third-order valence-corrected chi connectivity index (χ3v) is 12.1. The van der Waals surface area contributed by atoms with Crippen LogP contribution < -0.4 is 9.80 Å². The topological polar surface area (TPSA) is 101 Å². The molecule has 2 amide bonds. The van der Waals surface area contributed by atoms with E-state index < -0.39 is 31.6 Å².